The number of hydrogen-bond donors (Lipinski definition) is 1. The largest absolute Gasteiger partial charge is 0.311 e. The number of carbonyl (C=O) groups is 1. The van der Waals surface area contributed by atoms with Gasteiger partial charge in [-0.25, -0.2) is 4.68 Å². The number of thioether (sulfide) groups is 1. The number of nitrogens with one attached hydrogen (secondary N) is 1. The van der Waals surface area contributed by atoms with Crippen LogP contribution in [-0.4, -0.2) is 15.7 Å². The first kappa shape index (κ1) is 12.5. The van der Waals surface area contributed by atoms with Crippen molar-refractivity contribution in [3.63, 3.8) is 0 Å². The topological polar surface area (TPSA) is 46.9 Å². The van der Waals surface area contributed by atoms with Crippen LogP contribution >= 0.6 is 11.8 Å². The average Bonchev–Trinajstić information content (AvgIpc) is 2.79. The summed E-state index contributed by atoms with van der Waals surface area (Å²) < 4.78 is 1.95. The first-order chi connectivity index (χ1) is 7.93. The minimum atomic E-state index is -0.106. The second-order valence-electron chi connectivity index (χ2n) is 5.25. The van der Waals surface area contributed by atoms with Crippen LogP contribution in [0, 0.1) is 0 Å². The fourth-order valence-electron chi connectivity index (χ4n) is 1.85. The van der Waals surface area contributed by atoms with E-state index < -0.39 is 0 Å². The summed E-state index contributed by atoms with van der Waals surface area (Å²) in [6.07, 6.45) is 0.497. The van der Waals surface area contributed by atoms with Crippen molar-refractivity contribution in [2.45, 2.75) is 51.2 Å². The molecule has 1 aromatic heterocycles. The van der Waals surface area contributed by atoms with Crippen LogP contribution in [0.25, 0.3) is 0 Å². The molecule has 2 rings (SSSR count). The van der Waals surface area contributed by atoms with Gasteiger partial charge in [-0.1, -0.05) is 6.92 Å². The van der Waals surface area contributed by atoms with E-state index in [9.17, 15) is 4.79 Å². The molecule has 4 nitrogen and oxygen atoms in total. The van der Waals surface area contributed by atoms with Gasteiger partial charge in [-0.2, -0.15) is 16.9 Å². The number of carbonyl (C=O) groups excluding carboxylic acids is 1. The molecular formula is C12H19N3OS. The van der Waals surface area contributed by atoms with E-state index in [0.717, 1.165) is 23.0 Å². The zero-order valence-electron chi connectivity index (χ0n) is 10.8. The maximum absolute atomic E-state index is 11.6. The quantitative estimate of drug-likeness (QED) is 0.881. The van der Waals surface area contributed by atoms with Crippen molar-refractivity contribution in [2.75, 3.05) is 5.32 Å². The van der Waals surface area contributed by atoms with Crippen molar-refractivity contribution in [1.29, 1.82) is 0 Å². The average molecular weight is 253 g/mol. The summed E-state index contributed by atoms with van der Waals surface area (Å²) in [7, 11) is 0. The third-order valence-electron chi connectivity index (χ3n) is 2.77. The Balaban J connectivity index is 2.43. The highest BCUT2D eigenvalue weighted by Crippen LogP contribution is 2.37. The Hall–Kier alpha value is -0.970. The lowest BCUT2D eigenvalue weighted by Crippen LogP contribution is -2.27. The van der Waals surface area contributed by atoms with Crippen LogP contribution in [-0.2, 0) is 21.8 Å². The lowest BCUT2D eigenvalue weighted by Gasteiger charge is -2.23. The normalized spacial score (nSPS) is 14.8. The van der Waals surface area contributed by atoms with E-state index in [4.69, 9.17) is 0 Å². The van der Waals surface area contributed by atoms with E-state index in [1.165, 1.54) is 5.56 Å². The summed E-state index contributed by atoms with van der Waals surface area (Å²) in [5.41, 5.74) is 2.22. The molecule has 0 fully saturated rings. The zero-order chi connectivity index (χ0) is 12.6. The van der Waals surface area contributed by atoms with E-state index in [1.54, 1.807) is 0 Å². The third-order valence-corrected chi connectivity index (χ3v) is 3.74. The maximum atomic E-state index is 11.6. The predicted molar refractivity (Wildman–Crippen MR) is 71.1 cm³/mol. The third kappa shape index (κ3) is 2.34. The van der Waals surface area contributed by atoms with Crippen LogP contribution < -0.4 is 5.32 Å². The van der Waals surface area contributed by atoms with E-state index in [-0.39, 0.29) is 11.4 Å². The standard InChI is InChI=1S/C12H19N3OS/c1-5-10(16)13-11-8-6-17-7-9(8)14-15(11)12(2,3)4/h5-7H2,1-4H3,(H,13,16). The molecule has 0 unspecified atom stereocenters. The first-order valence-corrected chi connectivity index (χ1v) is 7.07. The fourth-order valence-corrected chi connectivity index (χ4v) is 2.88. The van der Waals surface area contributed by atoms with Crippen LogP contribution in [0.2, 0.25) is 0 Å². The number of rotatable bonds is 2. The number of hydrogen-bond acceptors (Lipinski definition) is 3. The summed E-state index contributed by atoms with van der Waals surface area (Å²) in [5, 5.41) is 7.63. The molecule has 0 atom stereocenters. The van der Waals surface area contributed by atoms with E-state index in [1.807, 2.05) is 23.4 Å². The van der Waals surface area contributed by atoms with Crippen LogP contribution in [0.5, 0.6) is 0 Å². The SMILES string of the molecule is CCC(=O)Nc1c2c(nn1C(C)(C)C)CSC2. The van der Waals surface area contributed by atoms with Crippen molar-refractivity contribution in [1.82, 2.24) is 9.78 Å². The van der Waals surface area contributed by atoms with Gasteiger partial charge in [0.15, 0.2) is 0 Å². The van der Waals surface area contributed by atoms with Gasteiger partial charge in [-0.05, 0) is 20.8 Å². The molecule has 94 valence electrons. The Morgan fingerprint density at radius 2 is 2.18 bits per heavy atom. The molecule has 2 heterocycles. The van der Waals surface area contributed by atoms with Crippen molar-refractivity contribution < 1.29 is 4.79 Å². The second-order valence-corrected chi connectivity index (χ2v) is 6.24. The lowest BCUT2D eigenvalue weighted by molar-refractivity contribution is -0.115. The number of fused-ring (bicyclic) bond motifs is 1. The summed E-state index contributed by atoms with van der Waals surface area (Å²) in [6, 6.07) is 0. The number of nitrogens with zero attached hydrogens (tertiary/aromatic N) is 2. The highest BCUT2D eigenvalue weighted by molar-refractivity contribution is 7.98. The molecule has 1 aliphatic rings. The highest BCUT2D eigenvalue weighted by Gasteiger charge is 2.28. The van der Waals surface area contributed by atoms with Gasteiger partial charge >= 0.3 is 0 Å². The summed E-state index contributed by atoms with van der Waals surface area (Å²) >= 11 is 1.85. The maximum Gasteiger partial charge on any atom is 0.225 e. The lowest BCUT2D eigenvalue weighted by atomic mass is 10.1. The summed E-state index contributed by atoms with van der Waals surface area (Å²) in [4.78, 5) is 11.6. The Bertz CT molecular complexity index is 445. The monoisotopic (exact) mass is 253 g/mol. The van der Waals surface area contributed by atoms with Gasteiger partial charge < -0.3 is 5.32 Å². The molecule has 1 amide bonds. The van der Waals surface area contributed by atoms with Gasteiger partial charge in [-0.3, -0.25) is 4.79 Å². The molecule has 0 saturated heterocycles. The van der Waals surface area contributed by atoms with Gasteiger partial charge in [-0.15, -0.1) is 0 Å². The van der Waals surface area contributed by atoms with Crippen molar-refractivity contribution in [3.05, 3.63) is 11.3 Å². The molecule has 0 spiro atoms. The van der Waals surface area contributed by atoms with Gasteiger partial charge in [0.25, 0.3) is 0 Å². The highest BCUT2D eigenvalue weighted by atomic mass is 32.2. The Morgan fingerprint density at radius 1 is 1.47 bits per heavy atom. The van der Waals surface area contributed by atoms with Crippen LogP contribution in [0.4, 0.5) is 5.82 Å². The second kappa shape index (κ2) is 4.37. The Labute approximate surface area is 106 Å². The molecule has 0 aromatic carbocycles. The number of amides is 1. The van der Waals surface area contributed by atoms with Crippen molar-refractivity contribution in [3.8, 4) is 0 Å². The molecular weight excluding hydrogens is 234 g/mol. The minimum absolute atomic E-state index is 0.0510. The molecule has 0 bridgehead atoms. The van der Waals surface area contributed by atoms with Gasteiger partial charge in [0, 0.05) is 23.5 Å². The van der Waals surface area contributed by atoms with E-state index >= 15 is 0 Å². The molecule has 0 aliphatic carbocycles. The van der Waals surface area contributed by atoms with E-state index in [2.05, 4.69) is 31.2 Å². The predicted octanol–water partition coefficient (Wildman–Crippen LogP) is 2.73. The summed E-state index contributed by atoms with van der Waals surface area (Å²) in [6.45, 7) is 8.17. The van der Waals surface area contributed by atoms with Crippen molar-refractivity contribution >= 4 is 23.5 Å². The smallest absolute Gasteiger partial charge is 0.225 e. The first-order valence-electron chi connectivity index (χ1n) is 5.92. The molecule has 17 heavy (non-hydrogen) atoms. The van der Waals surface area contributed by atoms with Crippen molar-refractivity contribution in [2.24, 2.45) is 0 Å². The number of aromatic nitrogens is 2. The molecule has 1 aliphatic heterocycles. The van der Waals surface area contributed by atoms with Crippen LogP contribution in [0.15, 0.2) is 0 Å². The van der Waals surface area contributed by atoms with Gasteiger partial charge in [0.1, 0.15) is 5.82 Å². The molecule has 0 radical (unpaired) electrons. The Morgan fingerprint density at radius 3 is 2.76 bits per heavy atom. The van der Waals surface area contributed by atoms with Gasteiger partial charge in [0.2, 0.25) is 5.91 Å². The minimum Gasteiger partial charge on any atom is -0.311 e. The Kier molecular flexibility index (Phi) is 3.21. The van der Waals surface area contributed by atoms with Crippen LogP contribution in [0.3, 0.4) is 0 Å². The van der Waals surface area contributed by atoms with E-state index in [0.29, 0.717) is 6.42 Å². The van der Waals surface area contributed by atoms with Crippen LogP contribution in [0.1, 0.15) is 45.4 Å². The fraction of sp³-hybridized carbons (Fsp3) is 0.667. The number of anilines is 1. The summed E-state index contributed by atoms with van der Waals surface area (Å²) in [5.74, 6) is 2.84. The molecule has 1 aromatic rings. The molecule has 0 saturated carbocycles. The zero-order valence-corrected chi connectivity index (χ0v) is 11.6. The molecule has 5 heteroatoms. The molecule has 1 N–H and O–H groups in total. The van der Waals surface area contributed by atoms with Gasteiger partial charge in [0.05, 0.1) is 11.2 Å².